The third-order valence-corrected chi connectivity index (χ3v) is 2.84. The van der Waals surface area contributed by atoms with Crippen LogP contribution < -0.4 is 5.32 Å². The second-order valence-corrected chi connectivity index (χ2v) is 4.41. The molecule has 1 fully saturated rings. The molecule has 0 heterocycles. The summed E-state index contributed by atoms with van der Waals surface area (Å²) in [6.07, 6.45) is 2.88. The van der Waals surface area contributed by atoms with E-state index in [1.54, 1.807) is 24.3 Å². The molecule has 1 aromatic rings. The lowest BCUT2D eigenvalue weighted by Gasteiger charge is -2.07. The van der Waals surface area contributed by atoms with E-state index in [0.29, 0.717) is 11.3 Å². The molecule has 0 aromatic heterocycles. The normalized spacial score (nSPS) is 14.8. The van der Waals surface area contributed by atoms with E-state index in [2.05, 4.69) is 5.32 Å². The number of carbonyl (C=O) groups excluding carboxylic acids is 1. The third-order valence-electron chi connectivity index (χ3n) is 2.84. The van der Waals surface area contributed by atoms with Crippen LogP contribution in [0.4, 0.5) is 5.69 Å². The standard InChI is InChI=1S/C14H14N2O3/c15-12(14(18)19)8-11(9-6-7-9)13(17)16-10-4-2-1-3-5-10/h1-5,8-9,15H,6-7H2,(H,16,17)(H,18,19)/b11-8-,15-12?. The van der Waals surface area contributed by atoms with E-state index in [1.165, 1.54) is 0 Å². The number of hydrogen-bond donors (Lipinski definition) is 3. The smallest absolute Gasteiger partial charge is 0.353 e. The van der Waals surface area contributed by atoms with Crippen LogP contribution in [-0.4, -0.2) is 22.7 Å². The van der Waals surface area contributed by atoms with Crippen LogP contribution >= 0.6 is 0 Å². The monoisotopic (exact) mass is 258 g/mol. The van der Waals surface area contributed by atoms with Crippen molar-refractivity contribution < 1.29 is 14.7 Å². The lowest BCUT2D eigenvalue weighted by Crippen LogP contribution is -2.18. The number of benzene rings is 1. The van der Waals surface area contributed by atoms with Crippen LogP contribution in [0.2, 0.25) is 0 Å². The molecule has 0 spiro atoms. The maximum Gasteiger partial charge on any atom is 0.353 e. The van der Waals surface area contributed by atoms with Gasteiger partial charge >= 0.3 is 5.97 Å². The fourth-order valence-corrected chi connectivity index (χ4v) is 1.71. The Kier molecular flexibility index (Phi) is 3.75. The summed E-state index contributed by atoms with van der Waals surface area (Å²) >= 11 is 0. The molecule has 1 aliphatic carbocycles. The van der Waals surface area contributed by atoms with Crippen molar-refractivity contribution in [3.05, 3.63) is 42.0 Å². The van der Waals surface area contributed by atoms with Gasteiger partial charge in [0.2, 0.25) is 0 Å². The van der Waals surface area contributed by atoms with E-state index in [9.17, 15) is 9.59 Å². The molecule has 0 unspecified atom stereocenters. The Morgan fingerprint density at radius 1 is 1.26 bits per heavy atom. The molecule has 0 saturated heterocycles. The number of carboxylic acid groups (broad SMARTS) is 1. The van der Waals surface area contributed by atoms with Gasteiger partial charge < -0.3 is 10.4 Å². The molecule has 5 nitrogen and oxygen atoms in total. The highest BCUT2D eigenvalue weighted by Crippen LogP contribution is 2.37. The first-order chi connectivity index (χ1) is 9.08. The average Bonchev–Trinajstić information content (AvgIpc) is 3.20. The number of para-hydroxylation sites is 1. The van der Waals surface area contributed by atoms with Gasteiger partial charge in [0.15, 0.2) is 0 Å². The minimum absolute atomic E-state index is 0.0726. The van der Waals surface area contributed by atoms with E-state index in [1.807, 2.05) is 6.07 Å². The van der Waals surface area contributed by atoms with Crippen LogP contribution in [0.3, 0.4) is 0 Å². The van der Waals surface area contributed by atoms with Crippen molar-refractivity contribution in [2.24, 2.45) is 5.92 Å². The van der Waals surface area contributed by atoms with E-state index >= 15 is 0 Å². The van der Waals surface area contributed by atoms with Crippen molar-refractivity contribution in [3.63, 3.8) is 0 Å². The van der Waals surface area contributed by atoms with Crippen molar-refractivity contribution in [2.75, 3.05) is 5.32 Å². The van der Waals surface area contributed by atoms with Crippen molar-refractivity contribution in [2.45, 2.75) is 12.8 Å². The first kappa shape index (κ1) is 13.0. The van der Waals surface area contributed by atoms with Crippen molar-refractivity contribution >= 4 is 23.3 Å². The maximum absolute atomic E-state index is 12.1. The van der Waals surface area contributed by atoms with Crippen molar-refractivity contribution in [3.8, 4) is 0 Å². The largest absolute Gasteiger partial charge is 0.477 e. The van der Waals surface area contributed by atoms with Gasteiger partial charge in [-0.15, -0.1) is 0 Å². The number of carboxylic acids is 1. The van der Waals surface area contributed by atoms with Crippen LogP contribution in [-0.2, 0) is 9.59 Å². The van der Waals surface area contributed by atoms with Crippen LogP contribution in [0.1, 0.15) is 12.8 Å². The fourth-order valence-electron chi connectivity index (χ4n) is 1.71. The van der Waals surface area contributed by atoms with Gasteiger partial charge in [0.1, 0.15) is 5.71 Å². The molecule has 1 saturated carbocycles. The lowest BCUT2D eigenvalue weighted by atomic mass is 10.1. The van der Waals surface area contributed by atoms with Crippen LogP contribution in [0, 0.1) is 11.3 Å². The zero-order valence-corrected chi connectivity index (χ0v) is 10.2. The molecule has 0 radical (unpaired) electrons. The molecule has 2 rings (SSSR count). The van der Waals surface area contributed by atoms with Crippen LogP contribution in [0.5, 0.6) is 0 Å². The van der Waals surface area contributed by atoms with Crippen molar-refractivity contribution in [1.82, 2.24) is 0 Å². The maximum atomic E-state index is 12.1. The lowest BCUT2D eigenvalue weighted by molar-refractivity contribution is -0.129. The molecule has 5 heteroatoms. The predicted molar refractivity (Wildman–Crippen MR) is 71.2 cm³/mol. The highest BCUT2D eigenvalue weighted by molar-refractivity contribution is 6.40. The molecule has 98 valence electrons. The van der Waals surface area contributed by atoms with Gasteiger partial charge in [0, 0.05) is 11.3 Å². The average molecular weight is 258 g/mol. The molecule has 0 aliphatic heterocycles. The Morgan fingerprint density at radius 2 is 1.89 bits per heavy atom. The predicted octanol–water partition coefficient (Wildman–Crippen LogP) is 2.07. The number of hydrogen-bond acceptors (Lipinski definition) is 3. The van der Waals surface area contributed by atoms with Crippen LogP contribution in [0.15, 0.2) is 42.0 Å². The highest BCUT2D eigenvalue weighted by Gasteiger charge is 2.31. The van der Waals surface area contributed by atoms with Gasteiger partial charge in [-0.25, -0.2) is 4.79 Å². The molecule has 1 aliphatic rings. The van der Waals surface area contributed by atoms with Gasteiger partial charge in [0.25, 0.3) is 5.91 Å². The molecule has 19 heavy (non-hydrogen) atoms. The molecule has 0 bridgehead atoms. The number of carbonyl (C=O) groups is 2. The van der Waals surface area contributed by atoms with Gasteiger partial charge in [0.05, 0.1) is 0 Å². The minimum atomic E-state index is -1.33. The summed E-state index contributed by atoms with van der Waals surface area (Å²) in [6.45, 7) is 0. The Labute approximate surface area is 110 Å². The van der Waals surface area contributed by atoms with Gasteiger partial charge in [-0.1, -0.05) is 18.2 Å². The van der Waals surface area contributed by atoms with E-state index in [0.717, 1.165) is 18.9 Å². The Balaban J connectivity index is 2.14. The topological polar surface area (TPSA) is 90.3 Å². The molecular formula is C14H14N2O3. The summed E-state index contributed by atoms with van der Waals surface area (Å²) in [5, 5.41) is 18.7. The SMILES string of the molecule is N=C(/C=C(\C(=O)Nc1ccccc1)C1CC1)C(=O)O. The van der Waals surface area contributed by atoms with E-state index < -0.39 is 11.7 Å². The van der Waals surface area contributed by atoms with Crippen LogP contribution in [0.25, 0.3) is 0 Å². The molecule has 3 N–H and O–H groups in total. The summed E-state index contributed by atoms with van der Waals surface area (Å²) in [5.74, 6) is -1.59. The molecular weight excluding hydrogens is 244 g/mol. The second-order valence-electron chi connectivity index (χ2n) is 4.41. The zero-order chi connectivity index (χ0) is 13.8. The first-order valence-electron chi connectivity index (χ1n) is 5.98. The first-order valence-corrected chi connectivity index (χ1v) is 5.98. The van der Waals surface area contributed by atoms with Gasteiger partial charge in [-0.3, -0.25) is 10.2 Å². The van der Waals surface area contributed by atoms with E-state index in [-0.39, 0.29) is 11.8 Å². The summed E-state index contributed by atoms with van der Waals surface area (Å²) in [6, 6.07) is 8.95. The van der Waals surface area contributed by atoms with E-state index in [4.69, 9.17) is 10.5 Å². The minimum Gasteiger partial charge on any atom is -0.477 e. The highest BCUT2D eigenvalue weighted by atomic mass is 16.4. The summed E-state index contributed by atoms with van der Waals surface area (Å²) in [4.78, 5) is 22.7. The third kappa shape index (κ3) is 3.51. The molecule has 1 amide bonds. The Bertz CT molecular complexity index is 545. The Morgan fingerprint density at radius 3 is 2.42 bits per heavy atom. The number of anilines is 1. The quantitative estimate of drug-likeness (QED) is 0.557. The molecule has 1 aromatic carbocycles. The Hall–Kier alpha value is -2.43. The van der Waals surface area contributed by atoms with Gasteiger partial charge in [-0.2, -0.15) is 0 Å². The van der Waals surface area contributed by atoms with Crippen molar-refractivity contribution in [1.29, 1.82) is 5.41 Å². The van der Waals surface area contributed by atoms with Gasteiger partial charge in [-0.05, 0) is 37.0 Å². The number of rotatable bonds is 5. The zero-order valence-electron chi connectivity index (χ0n) is 10.2. The fraction of sp³-hybridized carbons (Fsp3) is 0.214. The number of nitrogens with one attached hydrogen (secondary N) is 2. The summed E-state index contributed by atoms with van der Waals surface area (Å²) < 4.78 is 0. The second kappa shape index (κ2) is 5.48. The molecule has 0 atom stereocenters. The number of amides is 1. The summed E-state index contributed by atoms with van der Waals surface area (Å²) in [5.41, 5.74) is 0.460. The summed E-state index contributed by atoms with van der Waals surface area (Å²) in [7, 11) is 0. The number of aliphatic carboxylic acids is 1.